The molecule has 0 aromatic carbocycles. The van der Waals surface area contributed by atoms with Gasteiger partial charge in [-0.2, -0.15) is 0 Å². The van der Waals surface area contributed by atoms with E-state index in [2.05, 4.69) is 5.32 Å². The van der Waals surface area contributed by atoms with Gasteiger partial charge in [-0.1, -0.05) is 0 Å². The third kappa shape index (κ3) is 5.21. The molecule has 0 aliphatic heterocycles. The van der Waals surface area contributed by atoms with Crippen LogP contribution in [-0.2, 0) is 4.79 Å². The van der Waals surface area contributed by atoms with E-state index in [9.17, 15) is 4.79 Å². The lowest BCUT2D eigenvalue weighted by Crippen LogP contribution is -2.16. The molecule has 0 aliphatic carbocycles. The van der Waals surface area contributed by atoms with Crippen LogP contribution in [0.4, 0.5) is 0 Å². The second-order valence-electron chi connectivity index (χ2n) is 1.00. The fourth-order valence-corrected chi connectivity index (χ4v) is 0.197. The lowest BCUT2D eigenvalue weighted by atomic mass is 10.6. The van der Waals surface area contributed by atoms with Gasteiger partial charge in [0.15, 0.2) is 0 Å². The average Bonchev–Trinajstić information content (AvgIpc) is 1.69. The second-order valence-corrected chi connectivity index (χ2v) is 1.00. The van der Waals surface area contributed by atoms with E-state index in [1.807, 2.05) is 0 Å². The molecule has 0 radical (unpaired) electrons. The van der Waals surface area contributed by atoms with E-state index >= 15 is 0 Å². The quantitative estimate of drug-likeness (QED) is 0.349. The molecule has 0 heterocycles. The van der Waals surface area contributed by atoms with Crippen molar-refractivity contribution in [3.8, 4) is 0 Å². The predicted octanol–water partition coefficient (Wildman–Crippen LogP) is -1.12. The number of nitrogens with one attached hydrogen (secondary N) is 1. The Morgan fingerprint density at radius 1 is 1.86 bits per heavy atom. The van der Waals surface area contributed by atoms with Crippen LogP contribution in [0.15, 0.2) is 6.20 Å². The third-order valence-electron chi connectivity index (χ3n) is 0.450. The first kappa shape index (κ1) is 6.21. The van der Waals surface area contributed by atoms with Crippen molar-refractivity contribution in [2.45, 2.75) is 0 Å². The van der Waals surface area contributed by atoms with Gasteiger partial charge in [-0.15, -0.1) is 0 Å². The van der Waals surface area contributed by atoms with E-state index in [1.165, 1.54) is 6.20 Å². The lowest BCUT2D eigenvalue weighted by Gasteiger charge is -1.88. The Labute approximate surface area is 42.2 Å². The van der Waals surface area contributed by atoms with Crippen LogP contribution in [0, 0.1) is 0 Å². The van der Waals surface area contributed by atoms with Crippen LogP contribution in [-0.4, -0.2) is 19.0 Å². The molecule has 0 unspecified atom stereocenters. The van der Waals surface area contributed by atoms with Gasteiger partial charge in [0.1, 0.15) is 5.94 Å². The van der Waals surface area contributed by atoms with Crippen molar-refractivity contribution in [2.24, 2.45) is 5.73 Å². The number of hydrogen-bond acceptors (Lipinski definition) is 3. The summed E-state index contributed by atoms with van der Waals surface area (Å²) in [5.41, 5.74) is 5.06. The maximum Gasteiger partial charge on any atom is 0.141 e. The molecule has 0 bridgehead atoms. The Bertz CT molecular complexity index is 75.8. The zero-order valence-corrected chi connectivity index (χ0v) is 3.98. The summed E-state index contributed by atoms with van der Waals surface area (Å²) >= 11 is 0. The molecule has 0 aliphatic rings. The smallest absolute Gasteiger partial charge is 0.141 e. The first-order valence-corrected chi connectivity index (χ1v) is 2.04. The molecule has 0 rings (SSSR count). The molecule has 0 amide bonds. The first-order chi connectivity index (χ1) is 3.41. The fraction of sp³-hybridized carbons (Fsp3) is 0.500. The van der Waals surface area contributed by atoms with E-state index in [4.69, 9.17) is 5.73 Å². The summed E-state index contributed by atoms with van der Waals surface area (Å²) in [6.45, 7) is 1.17. The largest absolute Gasteiger partial charge is 0.381 e. The van der Waals surface area contributed by atoms with E-state index in [-0.39, 0.29) is 0 Å². The number of rotatable bonds is 3. The number of nitrogens with two attached hydrogens (primary N) is 1. The molecule has 0 aromatic rings. The van der Waals surface area contributed by atoms with E-state index in [1.54, 1.807) is 5.94 Å². The Morgan fingerprint density at radius 3 is 3.00 bits per heavy atom. The van der Waals surface area contributed by atoms with Gasteiger partial charge >= 0.3 is 0 Å². The molecule has 3 heteroatoms. The Kier molecular flexibility index (Phi) is 4.62. The number of hydrogen-bond donors (Lipinski definition) is 2. The maximum absolute atomic E-state index is 9.40. The molecule has 0 saturated heterocycles. The summed E-state index contributed by atoms with van der Waals surface area (Å²) in [7, 11) is 0. The van der Waals surface area contributed by atoms with Crippen molar-refractivity contribution in [1.82, 2.24) is 5.32 Å². The highest BCUT2D eigenvalue weighted by atomic mass is 16.1. The van der Waals surface area contributed by atoms with Gasteiger partial charge in [-0.05, 0) is 0 Å². The molecule has 0 aromatic heterocycles. The predicted molar refractivity (Wildman–Crippen MR) is 27.3 cm³/mol. The van der Waals surface area contributed by atoms with Crippen LogP contribution in [0.5, 0.6) is 0 Å². The lowest BCUT2D eigenvalue weighted by molar-refractivity contribution is 0.567. The van der Waals surface area contributed by atoms with Crippen molar-refractivity contribution < 1.29 is 4.79 Å². The molecule has 3 N–H and O–H groups in total. The van der Waals surface area contributed by atoms with Gasteiger partial charge < -0.3 is 11.1 Å². The SMILES string of the molecule is NCCNC=C=O. The van der Waals surface area contributed by atoms with Gasteiger partial charge in [0, 0.05) is 13.1 Å². The van der Waals surface area contributed by atoms with Crippen LogP contribution < -0.4 is 11.1 Å². The van der Waals surface area contributed by atoms with Crippen molar-refractivity contribution >= 4 is 5.94 Å². The zero-order valence-electron chi connectivity index (χ0n) is 3.98. The summed E-state index contributed by atoms with van der Waals surface area (Å²) in [5.74, 6) is 1.56. The first-order valence-electron chi connectivity index (χ1n) is 2.04. The van der Waals surface area contributed by atoms with Crippen molar-refractivity contribution in [3.05, 3.63) is 6.20 Å². The molecule has 0 saturated carbocycles. The standard InChI is InChI=1S/C4H8N2O/c5-1-2-6-3-4-7/h3,6H,1-2,5H2. The van der Waals surface area contributed by atoms with Gasteiger partial charge in [0.05, 0.1) is 6.20 Å². The van der Waals surface area contributed by atoms with Gasteiger partial charge in [-0.25, -0.2) is 4.79 Å². The molecule has 0 fully saturated rings. The Hall–Kier alpha value is -0.790. The maximum atomic E-state index is 9.40. The molecule has 0 atom stereocenters. The zero-order chi connectivity index (χ0) is 5.54. The third-order valence-corrected chi connectivity index (χ3v) is 0.450. The van der Waals surface area contributed by atoms with E-state index in [0.717, 1.165) is 0 Å². The van der Waals surface area contributed by atoms with E-state index in [0.29, 0.717) is 13.1 Å². The minimum absolute atomic E-state index is 0.540. The van der Waals surface area contributed by atoms with Crippen molar-refractivity contribution in [3.63, 3.8) is 0 Å². The molecular weight excluding hydrogens is 92.1 g/mol. The minimum atomic E-state index is 0.540. The number of carbonyl (C=O) groups excluding carboxylic acids is 1. The summed E-state index contributed by atoms with van der Waals surface area (Å²) in [4.78, 5) is 9.40. The van der Waals surface area contributed by atoms with Gasteiger partial charge in [0.25, 0.3) is 0 Å². The van der Waals surface area contributed by atoms with Crippen LogP contribution in [0.3, 0.4) is 0 Å². The molecular formula is C4H8N2O. The molecule has 40 valence electrons. The summed E-state index contributed by atoms with van der Waals surface area (Å²) in [6.07, 6.45) is 1.20. The van der Waals surface area contributed by atoms with Gasteiger partial charge in [0.2, 0.25) is 0 Å². The highest BCUT2D eigenvalue weighted by Crippen LogP contribution is 1.47. The molecule has 7 heavy (non-hydrogen) atoms. The molecule has 3 nitrogen and oxygen atoms in total. The topological polar surface area (TPSA) is 55.1 Å². The Balaban J connectivity index is 2.83. The monoisotopic (exact) mass is 100 g/mol. The second kappa shape index (κ2) is 5.21. The highest BCUT2D eigenvalue weighted by Gasteiger charge is 1.69. The van der Waals surface area contributed by atoms with Gasteiger partial charge in [-0.3, -0.25) is 0 Å². The van der Waals surface area contributed by atoms with Crippen LogP contribution in [0.1, 0.15) is 0 Å². The van der Waals surface area contributed by atoms with Crippen molar-refractivity contribution in [2.75, 3.05) is 13.1 Å². The normalized spacial score (nSPS) is 7.00. The molecule has 0 spiro atoms. The summed E-state index contributed by atoms with van der Waals surface area (Å²) < 4.78 is 0. The summed E-state index contributed by atoms with van der Waals surface area (Å²) in [5, 5.41) is 2.61. The average molecular weight is 100 g/mol. The van der Waals surface area contributed by atoms with Crippen LogP contribution in [0.25, 0.3) is 0 Å². The minimum Gasteiger partial charge on any atom is -0.381 e. The van der Waals surface area contributed by atoms with E-state index < -0.39 is 0 Å². The van der Waals surface area contributed by atoms with Crippen LogP contribution in [0.2, 0.25) is 0 Å². The van der Waals surface area contributed by atoms with Crippen LogP contribution >= 0.6 is 0 Å². The summed E-state index contributed by atoms with van der Waals surface area (Å²) in [6, 6.07) is 0. The highest BCUT2D eigenvalue weighted by molar-refractivity contribution is 5.43. The Morgan fingerprint density at radius 2 is 2.57 bits per heavy atom. The van der Waals surface area contributed by atoms with Crippen molar-refractivity contribution in [1.29, 1.82) is 0 Å². The fourth-order valence-electron chi connectivity index (χ4n) is 0.197.